The topological polar surface area (TPSA) is 117 Å². The second-order valence-corrected chi connectivity index (χ2v) is 9.14. The number of hydrogen-bond acceptors (Lipinski definition) is 8. The molecule has 1 rings (SSSR count). The predicted molar refractivity (Wildman–Crippen MR) is 115 cm³/mol. The fraction of sp³-hybridized carbons (Fsp3) is 0.565. The monoisotopic (exact) mass is 451 g/mol. The van der Waals surface area contributed by atoms with Gasteiger partial charge in [-0.15, -0.1) is 0 Å². The molecule has 1 aromatic rings. The first kappa shape index (κ1) is 26.9. The van der Waals surface area contributed by atoms with E-state index in [1.54, 1.807) is 65.8 Å². The van der Waals surface area contributed by atoms with Gasteiger partial charge in [-0.1, -0.05) is 30.3 Å². The molecule has 1 N–H and O–H groups in total. The van der Waals surface area contributed by atoms with Crippen molar-refractivity contribution >= 4 is 24.0 Å². The van der Waals surface area contributed by atoms with Crippen LogP contribution in [-0.2, 0) is 39.9 Å². The summed E-state index contributed by atoms with van der Waals surface area (Å²) >= 11 is 0. The molecule has 0 saturated carbocycles. The third-order valence-electron chi connectivity index (χ3n) is 3.84. The Morgan fingerprint density at radius 1 is 0.844 bits per heavy atom. The molecule has 0 aliphatic rings. The van der Waals surface area contributed by atoms with Crippen LogP contribution in [0.15, 0.2) is 30.3 Å². The lowest BCUT2D eigenvalue weighted by Crippen LogP contribution is -2.46. The summed E-state index contributed by atoms with van der Waals surface area (Å²) in [6.07, 6.45) is -1.33. The van der Waals surface area contributed by atoms with E-state index in [0.717, 1.165) is 12.7 Å². The van der Waals surface area contributed by atoms with Crippen LogP contribution >= 0.6 is 0 Å². The fourth-order valence-corrected chi connectivity index (χ4v) is 2.53. The van der Waals surface area contributed by atoms with Crippen molar-refractivity contribution in [1.29, 1.82) is 0 Å². The zero-order valence-electron chi connectivity index (χ0n) is 19.7. The Morgan fingerprint density at radius 2 is 1.34 bits per heavy atom. The van der Waals surface area contributed by atoms with Crippen LogP contribution in [0.1, 0.15) is 53.5 Å². The van der Waals surface area contributed by atoms with Crippen molar-refractivity contribution in [3.05, 3.63) is 35.9 Å². The molecule has 1 atom stereocenters. The molecule has 178 valence electrons. The van der Waals surface area contributed by atoms with Gasteiger partial charge >= 0.3 is 24.0 Å². The van der Waals surface area contributed by atoms with Crippen molar-refractivity contribution < 1.29 is 38.1 Å². The summed E-state index contributed by atoms with van der Waals surface area (Å²) in [5, 5.41) is 2.35. The van der Waals surface area contributed by atoms with Crippen LogP contribution in [0.2, 0.25) is 0 Å². The van der Waals surface area contributed by atoms with Gasteiger partial charge in [-0.2, -0.15) is 0 Å². The molecule has 0 heterocycles. The molecule has 0 unspecified atom stereocenters. The molecule has 0 radical (unpaired) electrons. The first-order valence-electron chi connectivity index (χ1n) is 10.2. The van der Waals surface area contributed by atoms with E-state index >= 15 is 0 Å². The number of benzene rings is 1. The van der Waals surface area contributed by atoms with Crippen molar-refractivity contribution in [3.8, 4) is 0 Å². The Balaban J connectivity index is 2.98. The number of esters is 3. The maximum atomic E-state index is 12.7. The van der Waals surface area contributed by atoms with Crippen molar-refractivity contribution in [3.63, 3.8) is 0 Å². The van der Waals surface area contributed by atoms with Gasteiger partial charge in [0.2, 0.25) is 0 Å². The van der Waals surface area contributed by atoms with Crippen LogP contribution in [-0.4, -0.2) is 48.4 Å². The number of rotatable bonds is 8. The molecular weight excluding hydrogens is 418 g/mol. The van der Waals surface area contributed by atoms with Crippen LogP contribution in [0.5, 0.6) is 0 Å². The van der Waals surface area contributed by atoms with Crippen LogP contribution in [0, 0.1) is 5.92 Å². The van der Waals surface area contributed by atoms with Crippen LogP contribution < -0.4 is 5.32 Å². The number of carbonyl (C=O) groups is 4. The Labute approximate surface area is 188 Å². The number of nitrogens with one attached hydrogen (secondary N) is 1. The maximum absolute atomic E-state index is 12.7. The molecule has 0 spiro atoms. The summed E-state index contributed by atoms with van der Waals surface area (Å²) in [7, 11) is 1.13. The summed E-state index contributed by atoms with van der Waals surface area (Å²) in [6, 6.07) is 7.61. The molecule has 1 aromatic carbocycles. The van der Waals surface area contributed by atoms with Crippen LogP contribution in [0.3, 0.4) is 0 Å². The van der Waals surface area contributed by atoms with Gasteiger partial charge in [-0.3, -0.25) is 9.59 Å². The molecule has 0 saturated heterocycles. The molecular formula is C23H33NO8. The molecule has 9 nitrogen and oxygen atoms in total. The molecule has 32 heavy (non-hydrogen) atoms. The smallest absolute Gasteiger partial charge is 0.408 e. The van der Waals surface area contributed by atoms with Gasteiger partial charge in [0.05, 0.1) is 7.11 Å². The minimum absolute atomic E-state index is 0.0257. The molecule has 0 fully saturated rings. The highest BCUT2D eigenvalue weighted by molar-refractivity contribution is 5.96. The van der Waals surface area contributed by atoms with E-state index in [2.05, 4.69) is 5.32 Å². The van der Waals surface area contributed by atoms with E-state index in [1.165, 1.54) is 0 Å². The van der Waals surface area contributed by atoms with Gasteiger partial charge in [0.25, 0.3) is 0 Å². The van der Waals surface area contributed by atoms with Crippen LogP contribution in [0.4, 0.5) is 4.79 Å². The second kappa shape index (κ2) is 11.5. The Hall–Kier alpha value is -3.10. The number of alkyl carbamates (subject to hydrolysis) is 1. The Kier molecular flexibility index (Phi) is 9.68. The van der Waals surface area contributed by atoms with E-state index in [-0.39, 0.29) is 6.61 Å². The normalized spacial score (nSPS) is 12.5. The lowest BCUT2D eigenvalue weighted by molar-refractivity contribution is -0.175. The number of ether oxygens (including phenoxy) is 4. The zero-order chi connectivity index (χ0) is 24.5. The van der Waals surface area contributed by atoms with Gasteiger partial charge in [0.1, 0.15) is 23.9 Å². The van der Waals surface area contributed by atoms with Crippen molar-refractivity contribution in [1.82, 2.24) is 5.32 Å². The summed E-state index contributed by atoms with van der Waals surface area (Å²) in [5.74, 6) is -4.06. The van der Waals surface area contributed by atoms with Gasteiger partial charge in [0, 0.05) is 6.42 Å². The highest BCUT2D eigenvalue weighted by Gasteiger charge is 2.39. The first-order chi connectivity index (χ1) is 14.7. The quantitative estimate of drug-likeness (QED) is 0.364. The average molecular weight is 452 g/mol. The van der Waals surface area contributed by atoms with Gasteiger partial charge in [0.15, 0.2) is 5.92 Å². The summed E-state index contributed by atoms with van der Waals surface area (Å²) in [5.41, 5.74) is -1.00. The third kappa shape index (κ3) is 10.3. The SMILES string of the molecule is COC(=O)[C@@H](CC(C(=O)OC(C)(C)C)C(=O)OC(C)(C)C)NC(=O)OCc1ccccc1. The fourth-order valence-electron chi connectivity index (χ4n) is 2.53. The van der Waals surface area contributed by atoms with Gasteiger partial charge < -0.3 is 24.3 Å². The van der Waals surface area contributed by atoms with Crippen molar-refractivity contribution in [2.24, 2.45) is 5.92 Å². The predicted octanol–water partition coefficient (Wildman–Crippen LogP) is 3.14. The first-order valence-corrected chi connectivity index (χ1v) is 10.2. The minimum Gasteiger partial charge on any atom is -0.467 e. The lowest BCUT2D eigenvalue weighted by atomic mass is 9.99. The molecule has 0 aliphatic carbocycles. The second-order valence-electron chi connectivity index (χ2n) is 9.14. The Morgan fingerprint density at radius 3 is 1.78 bits per heavy atom. The van der Waals surface area contributed by atoms with Crippen LogP contribution in [0.25, 0.3) is 0 Å². The van der Waals surface area contributed by atoms with E-state index in [1.807, 2.05) is 6.07 Å². The summed E-state index contributed by atoms with van der Waals surface area (Å²) < 4.78 is 20.5. The van der Waals surface area contributed by atoms with E-state index in [4.69, 9.17) is 18.9 Å². The van der Waals surface area contributed by atoms with E-state index in [0.29, 0.717) is 0 Å². The highest BCUT2D eigenvalue weighted by Crippen LogP contribution is 2.20. The number of hydrogen-bond donors (Lipinski definition) is 1. The van der Waals surface area contributed by atoms with Gasteiger partial charge in [-0.25, -0.2) is 9.59 Å². The molecule has 1 amide bonds. The molecule has 0 bridgehead atoms. The number of carbonyl (C=O) groups excluding carboxylic acids is 4. The van der Waals surface area contributed by atoms with Crippen molar-refractivity contribution in [2.45, 2.75) is 71.8 Å². The zero-order valence-corrected chi connectivity index (χ0v) is 19.7. The average Bonchev–Trinajstić information content (AvgIpc) is 2.66. The highest BCUT2D eigenvalue weighted by atomic mass is 16.6. The van der Waals surface area contributed by atoms with E-state index < -0.39 is 53.6 Å². The molecule has 9 heteroatoms. The number of methoxy groups -OCH3 is 1. The standard InChI is InChI=1S/C23H33NO8/c1-22(2,3)31-18(25)16(19(26)32-23(4,5)6)13-17(20(27)29-7)24-21(28)30-14-15-11-9-8-10-12-15/h8-12,16-17H,13-14H2,1-7H3,(H,24,28)/t17-/m1/s1. The molecule has 0 aromatic heterocycles. The van der Waals surface area contributed by atoms with Gasteiger partial charge in [-0.05, 0) is 47.1 Å². The summed E-state index contributed by atoms with van der Waals surface area (Å²) in [4.78, 5) is 49.9. The largest absolute Gasteiger partial charge is 0.467 e. The number of amides is 1. The van der Waals surface area contributed by atoms with Crippen molar-refractivity contribution in [2.75, 3.05) is 7.11 Å². The van der Waals surface area contributed by atoms with E-state index in [9.17, 15) is 19.2 Å². The Bertz CT molecular complexity index is 764. The third-order valence-corrected chi connectivity index (χ3v) is 3.84. The molecule has 0 aliphatic heterocycles. The maximum Gasteiger partial charge on any atom is 0.408 e. The lowest BCUT2D eigenvalue weighted by Gasteiger charge is -2.27. The minimum atomic E-state index is -1.47. The summed E-state index contributed by atoms with van der Waals surface area (Å²) in [6.45, 7) is 9.86.